The van der Waals surface area contributed by atoms with Crippen LogP contribution in [0, 0.1) is 23.6 Å². The lowest BCUT2D eigenvalue weighted by molar-refractivity contribution is -0.126. The van der Waals surface area contributed by atoms with E-state index in [0.29, 0.717) is 36.1 Å². The summed E-state index contributed by atoms with van der Waals surface area (Å²) in [5, 5.41) is 0. The van der Waals surface area contributed by atoms with Gasteiger partial charge in [-0.3, -0.25) is 4.79 Å². The average molecular weight is 291 g/mol. The fraction of sp³-hybridized carbons (Fsp3) is 0.611. The molecule has 1 aromatic carbocycles. The Morgan fingerprint density at radius 3 is 2.71 bits per heavy atom. The molecule has 2 rings (SSSR count). The monoisotopic (exact) mass is 291 g/mol. The van der Waals surface area contributed by atoms with Crippen LogP contribution in [-0.2, 0) is 11.3 Å². The van der Waals surface area contributed by atoms with Gasteiger partial charge < -0.3 is 4.90 Å². The summed E-state index contributed by atoms with van der Waals surface area (Å²) in [5.41, 5.74) is 0.698. The van der Waals surface area contributed by atoms with Crippen molar-refractivity contribution in [3.05, 3.63) is 35.6 Å². The summed E-state index contributed by atoms with van der Waals surface area (Å²) in [4.78, 5) is 14.2. The Bertz CT molecular complexity index is 486. The fourth-order valence-electron chi connectivity index (χ4n) is 3.29. The smallest absolute Gasteiger partial charge is 0.137 e. The first-order valence-electron chi connectivity index (χ1n) is 7.92. The summed E-state index contributed by atoms with van der Waals surface area (Å²) in [6, 6.07) is 6.86. The number of hydrogen-bond donors (Lipinski definition) is 0. The average Bonchev–Trinajstić information content (AvgIpc) is 2.43. The number of nitrogens with zero attached hydrogens (tertiary/aromatic N) is 1. The Morgan fingerprint density at radius 2 is 2.05 bits per heavy atom. The van der Waals surface area contributed by atoms with E-state index < -0.39 is 0 Å². The fourth-order valence-corrected chi connectivity index (χ4v) is 3.29. The minimum Gasteiger partial charge on any atom is -0.301 e. The van der Waals surface area contributed by atoms with E-state index in [1.54, 1.807) is 6.07 Å². The second-order valence-corrected chi connectivity index (χ2v) is 6.73. The van der Waals surface area contributed by atoms with Crippen molar-refractivity contribution in [1.82, 2.24) is 4.90 Å². The van der Waals surface area contributed by atoms with Gasteiger partial charge >= 0.3 is 0 Å². The molecule has 0 spiro atoms. The number of Topliss-reactive ketones (excluding diaryl/α,β-unsaturated/α-hetero) is 1. The third-order valence-corrected chi connectivity index (χ3v) is 4.68. The first-order chi connectivity index (χ1) is 9.97. The van der Waals surface area contributed by atoms with E-state index in [1.165, 1.54) is 6.07 Å². The highest BCUT2D eigenvalue weighted by molar-refractivity contribution is 5.82. The van der Waals surface area contributed by atoms with Crippen molar-refractivity contribution in [2.24, 2.45) is 17.8 Å². The van der Waals surface area contributed by atoms with Crippen LogP contribution in [0.1, 0.15) is 38.7 Å². The van der Waals surface area contributed by atoms with Crippen molar-refractivity contribution in [3.63, 3.8) is 0 Å². The molecule has 21 heavy (non-hydrogen) atoms. The van der Waals surface area contributed by atoms with E-state index in [-0.39, 0.29) is 11.7 Å². The van der Waals surface area contributed by atoms with Crippen LogP contribution in [-0.4, -0.2) is 24.3 Å². The van der Waals surface area contributed by atoms with Crippen LogP contribution in [0.15, 0.2) is 24.3 Å². The van der Waals surface area contributed by atoms with Crippen molar-refractivity contribution < 1.29 is 9.18 Å². The maximum absolute atomic E-state index is 13.7. The van der Waals surface area contributed by atoms with Gasteiger partial charge in [0.25, 0.3) is 0 Å². The van der Waals surface area contributed by atoms with Gasteiger partial charge in [0.15, 0.2) is 0 Å². The molecule has 0 amide bonds. The van der Waals surface area contributed by atoms with Gasteiger partial charge in [0.2, 0.25) is 0 Å². The lowest BCUT2D eigenvalue weighted by Crippen LogP contribution is -2.35. The van der Waals surface area contributed by atoms with Gasteiger partial charge in [-0.05, 0) is 37.8 Å². The molecule has 0 aromatic heterocycles. The summed E-state index contributed by atoms with van der Waals surface area (Å²) < 4.78 is 13.7. The second-order valence-electron chi connectivity index (χ2n) is 6.73. The van der Waals surface area contributed by atoms with E-state index in [2.05, 4.69) is 18.7 Å². The Hall–Kier alpha value is -1.22. The first-order valence-corrected chi connectivity index (χ1v) is 7.92. The SMILES string of the molecule is CC(C)C1CCC(=O)C(CN(C)Cc2ccccc2F)C1. The molecule has 2 unspecified atom stereocenters. The predicted octanol–water partition coefficient (Wildman–Crippen LogP) is 3.90. The van der Waals surface area contributed by atoms with E-state index in [9.17, 15) is 9.18 Å². The Labute approximate surface area is 127 Å². The number of ketones is 1. The van der Waals surface area contributed by atoms with Crippen molar-refractivity contribution >= 4 is 5.78 Å². The topological polar surface area (TPSA) is 20.3 Å². The summed E-state index contributed by atoms with van der Waals surface area (Å²) in [6.07, 6.45) is 2.73. The molecule has 0 radical (unpaired) electrons. The molecule has 1 saturated carbocycles. The van der Waals surface area contributed by atoms with Crippen molar-refractivity contribution in [3.8, 4) is 0 Å². The molecule has 0 saturated heterocycles. The van der Waals surface area contributed by atoms with Gasteiger partial charge in [0.1, 0.15) is 11.6 Å². The third-order valence-electron chi connectivity index (χ3n) is 4.68. The quantitative estimate of drug-likeness (QED) is 0.820. The number of carbonyl (C=O) groups is 1. The van der Waals surface area contributed by atoms with Gasteiger partial charge in [-0.25, -0.2) is 4.39 Å². The molecule has 116 valence electrons. The molecule has 0 N–H and O–H groups in total. The molecule has 1 fully saturated rings. The highest BCUT2D eigenvalue weighted by atomic mass is 19.1. The largest absolute Gasteiger partial charge is 0.301 e. The minimum absolute atomic E-state index is 0.114. The van der Waals surface area contributed by atoms with Gasteiger partial charge in [-0.1, -0.05) is 32.0 Å². The lowest BCUT2D eigenvalue weighted by atomic mass is 9.75. The molecule has 3 heteroatoms. The number of benzene rings is 1. The van der Waals surface area contributed by atoms with E-state index in [0.717, 1.165) is 19.4 Å². The van der Waals surface area contributed by atoms with Gasteiger partial charge in [0, 0.05) is 31.0 Å². The normalized spacial score (nSPS) is 23.0. The van der Waals surface area contributed by atoms with Gasteiger partial charge in [0.05, 0.1) is 0 Å². The maximum Gasteiger partial charge on any atom is 0.137 e. The second kappa shape index (κ2) is 7.17. The molecule has 0 heterocycles. The van der Waals surface area contributed by atoms with E-state index in [4.69, 9.17) is 0 Å². The van der Waals surface area contributed by atoms with Crippen LogP contribution in [0.3, 0.4) is 0 Å². The number of halogens is 1. The van der Waals surface area contributed by atoms with Crippen molar-refractivity contribution in [2.45, 2.75) is 39.7 Å². The Kier molecular flexibility index (Phi) is 5.51. The summed E-state index contributed by atoms with van der Waals surface area (Å²) in [6.45, 7) is 5.76. The maximum atomic E-state index is 13.7. The molecular formula is C18H26FNO. The zero-order valence-electron chi connectivity index (χ0n) is 13.3. The van der Waals surface area contributed by atoms with Crippen LogP contribution in [0.4, 0.5) is 4.39 Å². The Morgan fingerprint density at radius 1 is 1.33 bits per heavy atom. The lowest BCUT2D eigenvalue weighted by Gasteiger charge is -2.33. The molecule has 0 aliphatic heterocycles. The predicted molar refractivity (Wildman–Crippen MR) is 83.4 cm³/mol. The molecular weight excluding hydrogens is 265 g/mol. The van der Waals surface area contributed by atoms with Gasteiger partial charge in [-0.15, -0.1) is 0 Å². The van der Waals surface area contributed by atoms with Crippen LogP contribution in [0.25, 0.3) is 0 Å². The highest BCUT2D eigenvalue weighted by Crippen LogP contribution is 2.32. The zero-order valence-corrected chi connectivity index (χ0v) is 13.3. The van der Waals surface area contributed by atoms with E-state index >= 15 is 0 Å². The highest BCUT2D eigenvalue weighted by Gasteiger charge is 2.30. The molecule has 0 bridgehead atoms. The molecule has 1 aliphatic carbocycles. The van der Waals surface area contributed by atoms with Crippen LogP contribution in [0.5, 0.6) is 0 Å². The molecule has 2 nitrogen and oxygen atoms in total. The molecule has 2 atom stereocenters. The Balaban J connectivity index is 1.93. The number of carbonyl (C=O) groups excluding carboxylic acids is 1. The summed E-state index contributed by atoms with van der Waals surface area (Å²) in [5.74, 6) is 1.61. The van der Waals surface area contributed by atoms with E-state index in [1.807, 2.05) is 19.2 Å². The van der Waals surface area contributed by atoms with Crippen molar-refractivity contribution in [1.29, 1.82) is 0 Å². The minimum atomic E-state index is -0.167. The molecule has 1 aliphatic rings. The summed E-state index contributed by atoms with van der Waals surface area (Å²) in [7, 11) is 1.97. The number of hydrogen-bond acceptors (Lipinski definition) is 2. The van der Waals surface area contributed by atoms with Gasteiger partial charge in [-0.2, -0.15) is 0 Å². The first kappa shape index (κ1) is 16.2. The van der Waals surface area contributed by atoms with Crippen LogP contribution < -0.4 is 0 Å². The molecule has 1 aromatic rings. The number of rotatable bonds is 5. The van der Waals surface area contributed by atoms with Crippen molar-refractivity contribution in [2.75, 3.05) is 13.6 Å². The van der Waals surface area contributed by atoms with Crippen LogP contribution >= 0.6 is 0 Å². The van der Waals surface area contributed by atoms with Crippen LogP contribution in [0.2, 0.25) is 0 Å². The summed E-state index contributed by atoms with van der Waals surface area (Å²) >= 11 is 0. The third kappa shape index (κ3) is 4.37. The zero-order chi connectivity index (χ0) is 15.4. The standard InChI is InChI=1S/C18H26FNO/c1-13(2)14-8-9-18(21)16(10-14)12-20(3)11-15-6-4-5-7-17(15)19/h4-7,13-14,16H,8-12H2,1-3H3.